The van der Waals surface area contributed by atoms with E-state index < -0.39 is 10.0 Å². The van der Waals surface area contributed by atoms with Gasteiger partial charge in [0.1, 0.15) is 0 Å². The first-order chi connectivity index (χ1) is 7.89. The van der Waals surface area contributed by atoms with Crippen LogP contribution in [-0.4, -0.2) is 38.3 Å². The summed E-state index contributed by atoms with van der Waals surface area (Å²) >= 11 is 8.18. The fraction of sp³-hybridized carbons (Fsp3) is 0.400. The van der Waals surface area contributed by atoms with E-state index in [1.165, 1.54) is 4.31 Å². The summed E-state index contributed by atoms with van der Waals surface area (Å²) in [5.41, 5.74) is 0. The van der Waals surface area contributed by atoms with Crippen molar-refractivity contribution in [1.82, 2.24) is 4.31 Å². The van der Waals surface area contributed by atoms with Gasteiger partial charge in [0.05, 0.1) is 4.90 Å². The molecule has 0 bridgehead atoms. The van der Waals surface area contributed by atoms with Gasteiger partial charge in [-0.3, -0.25) is 0 Å². The van der Waals surface area contributed by atoms with Crippen LogP contribution < -0.4 is 0 Å². The summed E-state index contributed by atoms with van der Waals surface area (Å²) in [5.74, 6) is 0.779. The lowest BCUT2D eigenvalue weighted by atomic mass is 10.4. The van der Waals surface area contributed by atoms with E-state index in [9.17, 15) is 8.42 Å². The molecule has 0 saturated carbocycles. The number of halogens is 2. The Bertz CT molecular complexity index is 491. The van der Waals surface area contributed by atoms with Crippen molar-refractivity contribution < 1.29 is 8.42 Å². The van der Waals surface area contributed by atoms with Gasteiger partial charge in [0, 0.05) is 28.3 Å². The highest BCUT2D eigenvalue weighted by molar-refractivity contribution is 9.11. The average molecular weight is 403 g/mol. The highest BCUT2D eigenvalue weighted by atomic mass is 79.9. The van der Waals surface area contributed by atoms with Crippen molar-refractivity contribution in [3.8, 4) is 0 Å². The number of sulfonamides is 1. The van der Waals surface area contributed by atoms with Crippen LogP contribution in [0.5, 0.6) is 0 Å². The quantitative estimate of drug-likeness (QED) is 0.758. The van der Waals surface area contributed by atoms with Crippen LogP contribution in [0, 0.1) is 0 Å². The predicted molar refractivity (Wildman–Crippen MR) is 80.0 cm³/mol. The van der Waals surface area contributed by atoms with Crippen LogP contribution in [0.25, 0.3) is 0 Å². The van der Waals surface area contributed by atoms with Crippen LogP contribution >= 0.6 is 43.6 Å². The van der Waals surface area contributed by atoms with Gasteiger partial charge >= 0.3 is 0 Å². The second-order valence-corrected chi connectivity index (χ2v) is 8.16. The van der Waals surface area contributed by atoms with Crippen molar-refractivity contribution in [3.63, 3.8) is 0 Å². The lowest BCUT2D eigenvalue weighted by Crippen LogP contribution is -2.29. The molecule has 1 aromatic rings. The van der Waals surface area contributed by atoms with Crippen molar-refractivity contribution in [2.75, 3.05) is 25.6 Å². The second kappa shape index (κ2) is 6.56. The number of nitrogens with zero attached hydrogens (tertiary/aromatic N) is 1. The molecule has 0 atom stereocenters. The van der Waals surface area contributed by atoms with E-state index in [1.54, 1.807) is 37.0 Å². The Labute approximate surface area is 123 Å². The number of hydrogen-bond donors (Lipinski definition) is 0. The van der Waals surface area contributed by atoms with E-state index in [4.69, 9.17) is 0 Å². The average Bonchev–Trinajstić information content (AvgIpc) is 2.28. The van der Waals surface area contributed by atoms with Gasteiger partial charge in [-0.05, 0) is 40.4 Å². The molecule has 1 aromatic carbocycles. The van der Waals surface area contributed by atoms with Gasteiger partial charge in [0.25, 0.3) is 0 Å². The van der Waals surface area contributed by atoms with Crippen LogP contribution in [0.15, 0.2) is 32.0 Å². The smallest absolute Gasteiger partial charge is 0.207 e. The zero-order chi connectivity index (χ0) is 13.1. The highest BCUT2D eigenvalue weighted by Crippen LogP contribution is 2.27. The summed E-state index contributed by atoms with van der Waals surface area (Å²) in [7, 11) is -1.83. The van der Waals surface area contributed by atoms with Crippen LogP contribution in [0.3, 0.4) is 0 Å². The number of rotatable bonds is 5. The Kier molecular flexibility index (Phi) is 5.98. The predicted octanol–water partition coefficient (Wildman–Crippen LogP) is 3.20. The molecular weight excluding hydrogens is 390 g/mol. The number of thioether (sulfide) groups is 1. The standard InChI is InChI=1S/C10H13Br2NO2S2/c1-13(5-6-16-2)17(14,15)10-7-8(11)3-4-9(10)12/h3-4,7H,5-6H2,1-2H3. The summed E-state index contributed by atoms with van der Waals surface area (Å²) in [6.07, 6.45) is 1.95. The van der Waals surface area contributed by atoms with E-state index in [0.29, 0.717) is 11.0 Å². The first-order valence-electron chi connectivity index (χ1n) is 4.80. The summed E-state index contributed by atoms with van der Waals surface area (Å²) in [6, 6.07) is 5.12. The molecule has 0 aliphatic heterocycles. The maximum absolute atomic E-state index is 12.3. The zero-order valence-corrected chi connectivity index (χ0v) is 14.3. The lowest BCUT2D eigenvalue weighted by molar-refractivity contribution is 0.488. The Hall–Kier alpha value is 0.440. The molecule has 0 N–H and O–H groups in total. The number of hydrogen-bond acceptors (Lipinski definition) is 3. The van der Waals surface area contributed by atoms with Crippen molar-refractivity contribution in [3.05, 3.63) is 27.1 Å². The Morgan fingerprint density at radius 2 is 2.00 bits per heavy atom. The zero-order valence-electron chi connectivity index (χ0n) is 9.48. The summed E-state index contributed by atoms with van der Waals surface area (Å²) in [5, 5.41) is 0. The molecule has 17 heavy (non-hydrogen) atoms. The first-order valence-corrected chi connectivity index (χ1v) is 9.22. The third-order valence-corrected chi connectivity index (χ3v) is 6.13. The largest absolute Gasteiger partial charge is 0.244 e. The molecule has 0 amide bonds. The fourth-order valence-electron chi connectivity index (χ4n) is 1.18. The molecule has 0 aliphatic rings. The third kappa shape index (κ3) is 3.96. The fourth-order valence-corrected chi connectivity index (χ4v) is 4.39. The second-order valence-electron chi connectivity index (χ2n) is 3.39. The van der Waals surface area contributed by atoms with Crippen LogP contribution in [-0.2, 0) is 10.0 Å². The molecule has 3 nitrogen and oxygen atoms in total. The van der Waals surface area contributed by atoms with Crippen LogP contribution in [0.1, 0.15) is 0 Å². The SMILES string of the molecule is CSCCN(C)S(=O)(=O)c1cc(Br)ccc1Br. The van der Waals surface area contributed by atoms with Crippen molar-refractivity contribution >= 4 is 53.6 Å². The van der Waals surface area contributed by atoms with Crippen LogP contribution in [0.2, 0.25) is 0 Å². The third-order valence-electron chi connectivity index (χ3n) is 2.19. The van der Waals surface area contributed by atoms with Crippen molar-refractivity contribution in [1.29, 1.82) is 0 Å². The van der Waals surface area contributed by atoms with E-state index in [0.717, 1.165) is 10.2 Å². The lowest BCUT2D eigenvalue weighted by Gasteiger charge is -2.17. The molecule has 7 heteroatoms. The topological polar surface area (TPSA) is 37.4 Å². The van der Waals surface area contributed by atoms with Gasteiger partial charge < -0.3 is 0 Å². The van der Waals surface area contributed by atoms with Gasteiger partial charge in [-0.15, -0.1) is 0 Å². The number of benzene rings is 1. The van der Waals surface area contributed by atoms with Crippen LogP contribution in [0.4, 0.5) is 0 Å². The maximum atomic E-state index is 12.3. The molecule has 0 unspecified atom stereocenters. The van der Waals surface area contributed by atoms with E-state index in [2.05, 4.69) is 31.9 Å². The van der Waals surface area contributed by atoms with E-state index in [1.807, 2.05) is 6.26 Å². The minimum Gasteiger partial charge on any atom is -0.207 e. The molecule has 0 saturated heterocycles. The molecule has 0 heterocycles. The molecular formula is C10H13Br2NO2S2. The van der Waals surface area contributed by atoms with Crippen molar-refractivity contribution in [2.45, 2.75) is 4.90 Å². The minimum absolute atomic E-state index is 0.287. The van der Waals surface area contributed by atoms with Gasteiger partial charge in [0.2, 0.25) is 10.0 Å². The van der Waals surface area contributed by atoms with E-state index >= 15 is 0 Å². The van der Waals surface area contributed by atoms with Gasteiger partial charge in [-0.1, -0.05) is 15.9 Å². The Morgan fingerprint density at radius 1 is 1.35 bits per heavy atom. The Morgan fingerprint density at radius 3 is 2.59 bits per heavy atom. The minimum atomic E-state index is -3.42. The van der Waals surface area contributed by atoms with Gasteiger partial charge in [0.15, 0.2) is 0 Å². The highest BCUT2D eigenvalue weighted by Gasteiger charge is 2.23. The van der Waals surface area contributed by atoms with Crippen molar-refractivity contribution in [2.24, 2.45) is 0 Å². The first kappa shape index (κ1) is 15.5. The van der Waals surface area contributed by atoms with Gasteiger partial charge in [-0.2, -0.15) is 11.8 Å². The molecule has 0 aromatic heterocycles. The van der Waals surface area contributed by atoms with Gasteiger partial charge in [-0.25, -0.2) is 12.7 Å². The maximum Gasteiger partial charge on any atom is 0.244 e. The monoisotopic (exact) mass is 401 g/mol. The Balaban J connectivity index is 3.08. The summed E-state index contributed by atoms with van der Waals surface area (Å²) in [6.45, 7) is 0.502. The molecule has 1 rings (SSSR count). The molecule has 0 fully saturated rings. The summed E-state index contributed by atoms with van der Waals surface area (Å²) < 4.78 is 27.3. The molecule has 0 spiro atoms. The summed E-state index contributed by atoms with van der Waals surface area (Å²) in [4.78, 5) is 0.287. The molecule has 96 valence electrons. The normalized spacial score (nSPS) is 12.1. The van der Waals surface area contributed by atoms with E-state index in [-0.39, 0.29) is 4.90 Å². The molecule has 0 radical (unpaired) electrons. The molecule has 0 aliphatic carbocycles.